The fourth-order valence-corrected chi connectivity index (χ4v) is 4.30. The molecule has 4 heteroatoms. The Morgan fingerprint density at radius 1 is 1.24 bits per heavy atom. The highest BCUT2D eigenvalue weighted by molar-refractivity contribution is 7.89. The molecular formula is C13H19NO2S. The predicted molar refractivity (Wildman–Crippen MR) is 68.2 cm³/mol. The van der Waals surface area contributed by atoms with Crippen LogP contribution in [0, 0.1) is 5.92 Å². The Morgan fingerprint density at radius 3 is 2.47 bits per heavy atom. The van der Waals surface area contributed by atoms with Gasteiger partial charge in [0.1, 0.15) is 0 Å². The van der Waals surface area contributed by atoms with E-state index in [2.05, 4.69) is 13.8 Å². The molecule has 1 aromatic carbocycles. The Hall–Kier alpha value is -0.870. The van der Waals surface area contributed by atoms with Crippen LogP contribution in [0.2, 0.25) is 0 Å². The van der Waals surface area contributed by atoms with E-state index >= 15 is 0 Å². The number of nitrogens with zero attached hydrogens (tertiary/aromatic N) is 1. The van der Waals surface area contributed by atoms with Crippen LogP contribution in [0.3, 0.4) is 0 Å². The highest BCUT2D eigenvalue weighted by Gasteiger charge is 2.36. The number of hydrogen-bond acceptors (Lipinski definition) is 2. The van der Waals surface area contributed by atoms with Crippen LogP contribution in [0.1, 0.15) is 26.7 Å². The number of sulfonamides is 1. The Morgan fingerprint density at radius 2 is 1.88 bits per heavy atom. The molecule has 1 aliphatic rings. The molecule has 1 atom stereocenters. The van der Waals surface area contributed by atoms with Gasteiger partial charge in [0.25, 0.3) is 0 Å². The van der Waals surface area contributed by atoms with E-state index in [1.807, 2.05) is 6.07 Å². The molecular weight excluding hydrogens is 234 g/mol. The lowest BCUT2D eigenvalue weighted by molar-refractivity contribution is 0.316. The van der Waals surface area contributed by atoms with Crippen LogP contribution in [-0.2, 0) is 10.0 Å². The minimum Gasteiger partial charge on any atom is -0.207 e. The highest BCUT2D eigenvalue weighted by Crippen LogP contribution is 2.29. The van der Waals surface area contributed by atoms with E-state index in [4.69, 9.17) is 0 Å². The summed E-state index contributed by atoms with van der Waals surface area (Å²) in [4.78, 5) is 0.410. The maximum Gasteiger partial charge on any atom is 0.243 e. The Bertz CT molecular complexity index is 467. The van der Waals surface area contributed by atoms with Crippen LogP contribution < -0.4 is 0 Å². The van der Waals surface area contributed by atoms with Crippen LogP contribution in [0.5, 0.6) is 0 Å². The third kappa shape index (κ3) is 2.38. The SMILES string of the molecule is CC(C)C1CCCN1S(=O)(=O)c1ccccc1. The van der Waals surface area contributed by atoms with E-state index in [9.17, 15) is 8.42 Å². The van der Waals surface area contributed by atoms with Gasteiger partial charge in [0, 0.05) is 12.6 Å². The third-order valence-electron chi connectivity index (χ3n) is 3.37. The average molecular weight is 253 g/mol. The van der Waals surface area contributed by atoms with Gasteiger partial charge in [-0.15, -0.1) is 0 Å². The zero-order chi connectivity index (χ0) is 12.5. The molecule has 0 spiro atoms. The lowest BCUT2D eigenvalue weighted by atomic mass is 10.0. The molecule has 0 amide bonds. The van der Waals surface area contributed by atoms with Crippen LogP contribution in [-0.4, -0.2) is 25.3 Å². The second-order valence-electron chi connectivity index (χ2n) is 4.88. The lowest BCUT2D eigenvalue weighted by Crippen LogP contribution is -2.38. The summed E-state index contributed by atoms with van der Waals surface area (Å²) in [6.45, 7) is 4.83. The predicted octanol–water partition coefficient (Wildman–Crippen LogP) is 2.50. The fourth-order valence-electron chi connectivity index (χ4n) is 2.46. The number of benzene rings is 1. The van der Waals surface area contributed by atoms with Crippen molar-refractivity contribution >= 4 is 10.0 Å². The smallest absolute Gasteiger partial charge is 0.207 e. The van der Waals surface area contributed by atoms with E-state index in [1.54, 1.807) is 28.6 Å². The summed E-state index contributed by atoms with van der Waals surface area (Å²) in [7, 11) is -3.30. The summed E-state index contributed by atoms with van der Waals surface area (Å²) >= 11 is 0. The molecule has 0 saturated carbocycles. The second kappa shape index (κ2) is 4.78. The van der Waals surface area contributed by atoms with E-state index in [0.717, 1.165) is 12.8 Å². The topological polar surface area (TPSA) is 37.4 Å². The van der Waals surface area contributed by atoms with Crippen LogP contribution in [0.15, 0.2) is 35.2 Å². The van der Waals surface area contributed by atoms with E-state index in [0.29, 0.717) is 17.4 Å². The molecule has 0 N–H and O–H groups in total. The molecule has 2 rings (SSSR count). The summed E-state index contributed by atoms with van der Waals surface area (Å²) in [5.74, 6) is 0.371. The maximum atomic E-state index is 12.5. The molecule has 0 aromatic heterocycles. The van der Waals surface area contributed by atoms with Crippen molar-refractivity contribution in [3.05, 3.63) is 30.3 Å². The molecule has 0 radical (unpaired) electrons. The van der Waals surface area contributed by atoms with E-state index < -0.39 is 10.0 Å². The monoisotopic (exact) mass is 253 g/mol. The number of rotatable bonds is 3. The molecule has 1 fully saturated rings. The lowest BCUT2D eigenvalue weighted by Gasteiger charge is -2.26. The van der Waals surface area contributed by atoms with Gasteiger partial charge in [-0.25, -0.2) is 8.42 Å². The summed E-state index contributed by atoms with van der Waals surface area (Å²) < 4.78 is 26.6. The standard InChI is InChI=1S/C13H19NO2S/c1-11(2)13-9-6-10-14(13)17(15,16)12-7-4-3-5-8-12/h3-5,7-8,11,13H,6,9-10H2,1-2H3. The van der Waals surface area contributed by atoms with Gasteiger partial charge in [-0.05, 0) is 30.9 Å². The minimum absolute atomic E-state index is 0.153. The molecule has 1 saturated heterocycles. The maximum absolute atomic E-state index is 12.5. The molecule has 94 valence electrons. The van der Waals surface area contributed by atoms with Crippen molar-refractivity contribution in [3.8, 4) is 0 Å². The molecule has 0 bridgehead atoms. The first-order valence-electron chi connectivity index (χ1n) is 6.10. The molecule has 3 nitrogen and oxygen atoms in total. The minimum atomic E-state index is -3.30. The molecule has 1 aromatic rings. The quantitative estimate of drug-likeness (QED) is 0.830. The van der Waals surface area contributed by atoms with Gasteiger partial charge in [-0.1, -0.05) is 32.0 Å². The van der Waals surface area contributed by atoms with Gasteiger partial charge in [0.05, 0.1) is 4.90 Å². The van der Waals surface area contributed by atoms with Gasteiger partial charge in [-0.3, -0.25) is 0 Å². The van der Waals surface area contributed by atoms with Crippen molar-refractivity contribution in [2.24, 2.45) is 5.92 Å². The molecule has 1 unspecified atom stereocenters. The van der Waals surface area contributed by atoms with Crippen LogP contribution in [0.4, 0.5) is 0 Å². The van der Waals surface area contributed by atoms with Crippen molar-refractivity contribution in [3.63, 3.8) is 0 Å². The van der Waals surface area contributed by atoms with Gasteiger partial charge >= 0.3 is 0 Å². The molecule has 17 heavy (non-hydrogen) atoms. The molecule has 1 aliphatic heterocycles. The normalized spacial score (nSPS) is 22.2. The molecule has 0 aliphatic carbocycles. The zero-order valence-corrected chi connectivity index (χ0v) is 11.2. The van der Waals surface area contributed by atoms with Crippen molar-refractivity contribution in [1.29, 1.82) is 0 Å². The van der Waals surface area contributed by atoms with Crippen molar-refractivity contribution in [1.82, 2.24) is 4.31 Å². The van der Waals surface area contributed by atoms with Crippen LogP contribution in [0.25, 0.3) is 0 Å². The zero-order valence-electron chi connectivity index (χ0n) is 10.3. The summed E-state index contributed by atoms with van der Waals surface area (Å²) in [6.07, 6.45) is 1.94. The van der Waals surface area contributed by atoms with E-state index in [-0.39, 0.29) is 6.04 Å². The second-order valence-corrected chi connectivity index (χ2v) is 6.77. The Labute approximate surface area is 104 Å². The number of hydrogen-bond donors (Lipinski definition) is 0. The van der Waals surface area contributed by atoms with Crippen LogP contribution >= 0.6 is 0 Å². The van der Waals surface area contributed by atoms with Crippen molar-refractivity contribution in [2.75, 3.05) is 6.54 Å². The van der Waals surface area contributed by atoms with Gasteiger partial charge in [0.15, 0.2) is 0 Å². The van der Waals surface area contributed by atoms with Crippen molar-refractivity contribution < 1.29 is 8.42 Å². The largest absolute Gasteiger partial charge is 0.243 e. The van der Waals surface area contributed by atoms with E-state index in [1.165, 1.54) is 0 Å². The third-order valence-corrected chi connectivity index (χ3v) is 5.31. The van der Waals surface area contributed by atoms with Gasteiger partial charge in [0.2, 0.25) is 10.0 Å². The summed E-state index contributed by atoms with van der Waals surface area (Å²) in [6, 6.07) is 8.87. The summed E-state index contributed by atoms with van der Waals surface area (Å²) in [5.41, 5.74) is 0. The Kier molecular flexibility index (Phi) is 3.54. The van der Waals surface area contributed by atoms with Crippen molar-refractivity contribution in [2.45, 2.75) is 37.6 Å². The summed E-state index contributed by atoms with van der Waals surface area (Å²) in [5, 5.41) is 0. The average Bonchev–Trinajstić information content (AvgIpc) is 2.80. The first kappa shape index (κ1) is 12.6. The first-order valence-corrected chi connectivity index (χ1v) is 7.54. The van der Waals surface area contributed by atoms with Gasteiger partial charge in [-0.2, -0.15) is 4.31 Å². The Balaban J connectivity index is 2.33. The first-order chi connectivity index (χ1) is 8.03. The highest BCUT2D eigenvalue weighted by atomic mass is 32.2. The molecule has 1 heterocycles. The fraction of sp³-hybridized carbons (Fsp3) is 0.538. The van der Waals surface area contributed by atoms with Gasteiger partial charge < -0.3 is 0 Å².